The summed E-state index contributed by atoms with van der Waals surface area (Å²) >= 11 is 5.86. The van der Waals surface area contributed by atoms with Crippen molar-refractivity contribution in [3.8, 4) is 0 Å². The molecule has 1 aromatic rings. The monoisotopic (exact) mass is 403 g/mol. The number of nitrogens with one attached hydrogen (secondary N) is 1. The lowest BCUT2D eigenvalue weighted by molar-refractivity contribution is -0.138. The van der Waals surface area contributed by atoms with Crippen molar-refractivity contribution in [3.63, 3.8) is 0 Å². The van der Waals surface area contributed by atoms with Crippen LogP contribution in [0.4, 0.5) is 0 Å². The Morgan fingerprint density at radius 3 is 2.42 bits per heavy atom. The number of carboxylic acid groups (broad SMARTS) is 1. The van der Waals surface area contributed by atoms with E-state index in [1.807, 2.05) is 43.1 Å². The van der Waals surface area contributed by atoms with E-state index in [2.05, 4.69) is 10.2 Å². The van der Waals surface area contributed by atoms with E-state index in [0.29, 0.717) is 11.6 Å². The maximum absolute atomic E-state index is 12.4. The topological polar surface area (TPSA) is 72.9 Å². The van der Waals surface area contributed by atoms with Gasteiger partial charge in [0, 0.05) is 30.7 Å². The number of carbonyl (C=O) groups excluding carboxylic acids is 1. The molecular formula is C18H27Cl2N3O3. The number of aliphatic carboxylic acids is 1. The standard InChI is InChI=1S/C18H26ClN3O3.ClH/c1-13(18(25)20-11-14-3-5-15(19)6-4-14)22-9-7-16(8-10-22)21(2)12-17(23)24;/h3-6,13,16H,7-12H2,1-2H3,(H,20,25)(H,23,24);1H. The molecule has 1 atom stereocenters. The zero-order valence-corrected chi connectivity index (χ0v) is 16.7. The number of piperidine rings is 1. The van der Waals surface area contributed by atoms with Gasteiger partial charge in [0.1, 0.15) is 0 Å². The van der Waals surface area contributed by atoms with Crippen molar-refractivity contribution < 1.29 is 14.7 Å². The van der Waals surface area contributed by atoms with Crippen LogP contribution in [-0.2, 0) is 16.1 Å². The number of amides is 1. The van der Waals surface area contributed by atoms with Gasteiger partial charge in [0.05, 0.1) is 12.6 Å². The SMILES string of the molecule is CC(C(=O)NCc1ccc(Cl)cc1)N1CCC(N(C)CC(=O)O)CC1.Cl. The van der Waals surface area contributed by atoms with Crippen LogP contribution in [0.25, 0.3) is 0 Å². The highest BCUT2D eigenvalue weighted by atomic mass is 35.5. The largest absolute Gasteiger partial charge is 0.480 e. The molecule has 0 aromatic heterocycles. The van der Waals surface area contributed by atoms with Crippen molar-refractivity contribution in [2.75, 3.05) is 26.7 Å². The number of hydrogen-bond acceptors (Lipinski definition) is 4. The highest BCUT2D eigenvalue weighted by Gasteiger charge is 2.28. The lowest BCUT2D eigenvalue weighted by atomic mass is 10.0. The van der Waals surface area contributed by atoms with E-state index in [4.69, 9.17) is 16.7 Å². The van der Waals surface area contributed by atoms with Gasteiger partial charge in [0.2, 0.25) is 5.91 Å². The number of carboxylic acids is 1. The van der Waals surface area contributed by atoms with Gasteiger partial charge in [-0.2, -0.15) is 0 Å². The minimum atomic E-state index is -0.806. The van der Waals surface area contributed by atoms with Crippen LogP contribution in [0.5, 0.6) is 0 Å². The van der Waals surface area contributed by atoms with Crippen molar-refractivity contribution in [2.24, 2.45) is 0 Å². The first-order valence-electron chi connectivity index (χ1n) is 8.55. The Morgan fingerprint density at radius 1 is 1.31 bits per heavy atom. The third kappa shape index (κ3) is 6.76. The number of likely N-dealkylation sites (tertiary alicyclic amines) is 1. The van der Waals surface area contributed by atoms with E-state index in [0.717, 1.165) is 31.5 Å². The molecule has 0 saturated carbocycles. The van der Waals surface area contributed by atoms with E-state index in [9.17, 15) is 9.59 Å². The second-order valence-electron chi connectivity index (χ2n) is 6.60. The fourth-order valence-corrected chi connectivity index (χ4v) is 3.29. The minimum Gasteiger partial charge on any atom is -0.480 e. The number of rotatable bonds is 7. The van der Waals surface area contributed by atoms with Crippen molar-refractivity contribution in [3.05, 3.63) is 34.9 Å². The zero-order chi connectivity index (χ0) is 18.4. The second kappa shape index (κ2) is 10.7. The molecule has 8 heteroatoms. The first kappa shape index (κ1) is 22.7. The molecule has 0 spiro atoms. The summed E-state index contributed by atoms with van der Waals surface area (Å²) in [5.74, 6) is -0.799. The molecule has 1 aliphatic rings. The Kier molecular flexibility index (Phi) is 9.36. The van der Waals surface area contributed by atoms with Crippen LogP contribution in [0.2, 0.25) is 5.02 Å². The van der Waals surface area contributed by atoms with Gasteiger partial charge in [-0.05, 0) is 44.5 Å². The number of halogens is 2. The van der Waals surface area contributed by atoms with Gasteiger partial charge in [0.15, 0.2) is 0 Å². The fourth-order valence-electron chi connectivity index (χ4n) is 3.16. The van der Waals surface area contributed by atoms with Crippen molar-refractivity contribution in [1.29, 1.82) is 0 Å². The van der Waals surface area contributed by atoms with Crippen LogP contribution in [-0.4, -0.2) is 65.5 Å². The lowest BCUT2D eigenvalue weighted by Crippen LogP contribution is -2.51. The van der Waals surface area contributed by atoms with Gasteiger partial charge < -0.3 is 10.4 Å². The lowest BCUT2D eigenvalue weighted by Gasteiger charge is -2.38. The molecule has 1 aromatic carbocycles. The first-order chi connectivity index (χ1) is 11.9. The quantitative estimate of drug-likeness (QED) is 0.730. The van der Waals surface area contributed by atoms with Crippen molar-refractivity contribution >= 4 is 35.9 Å². The van der Waals surface area contributed by atoms with E-state index < -0.39 is 5.97 Å². The van der Waals surface area contributed by atoms with Crippen molar-refractivity contribution in [1.82, 2.24) is 15.1 Å². The molecule has 1 fully saturated rings. The van der Waals surface area contributed by atoms with Crippen LogP contribution >= 0.6 is 24.0 Å². The maximum atomic E-state index is 12.4. The third-order valence-electron chi connectivity index (χ3n) is 4.81. The highest BCUT2D eigenvalue weighted by molar-refractivity contribution is 6.30. The summed E-state index contributed by atoms with van der Waals surface area (Å²) in [4.78, 5) is 27.2. The normalized spacial score (nSPS) is 16.8. The average molecular weight is 404 g/mol. The molecule has 1 saturated heterocycles. The number of carbonyl (C=O) groups is 2. The zero-order valence-electron chi connectivity index (χ0n) is 15.2. The number of nitrogens with zero attached hydrogens (tertiary/aromatic N) is 2. The van der Waals surface area contributed by atoms with Crippen LogP contribution in [0.3, 0.4) is 0 Å². The summed E-state index contributed by atoms with van der Waals surface area (Å²) in [7, 11) is 1.84. The van der Waals surface area contributed by atoms with E-state index in [1.165, 1.54) is 0 Å². The molecule has 146 valence electrons. The molecule has 1 unspecified atom stereocenters. The summed E-state index contributed by atoms with van der Waals surface area (Å²) in [6.45, 7) is 4.05. The van der Waals surface area contributed by atoms with Crippen LogP contribution in [0.15, 0.2) is 24.3 Å². The van der Waals surface area contributed by atoms with E-state index in [1.54, 1.807) is 0 Å². The van der Waals surface area contributed by atoms with Crippen molar-refractivity contribution in [2.45, 2.75) is 38.4 Å². The summed E-state index contributed by atoms with van der Waals surface area (Å²) < 4.78 is 0. The van der Waals surface area contributed by atoms with Gasteiger partial charge in [-0.15, -0.1) is 12.4 Å². The molecule has 1 heterocycles. The van der Waals surface area contributed by atoms with Crippen LogP contribution in [0, 0.1) is 0 Å². The van der Waals surface area contributed by atoms with Gasteiger partial charge in [-0.25, -0.2) is 0 Å². The summed E-state index contributed by atoms with van der Waals surface area (Å²) in [5, 5.41) is 12.5. The Hall–Kier alpha value is -1.34. The van der Waals surface area contributed by atoms with Crippen LogP contribution < -0.4 is 5.32 Å². The molecule has 0 radical (unpaired) electrons. The highest BCUT2D eigenvalue weighted by Crippen LogP contribution is 2.17. The first-order valence-corrected chi connectivity index (χ1v) is 8.93. The van der Waals surface area contributed by atoms with Gasteiger partial charge in [-0.1, -0.05) is 23.7 Å². The molecule has 1 aliphatic heterocycles. The summed E-state index contributed by atoms with van der Waals surface area (Å²) in [6.07, 6.45) is 1.75. The number of likely N-dealkylation sites (N-methyl/N-ethyl adjacent to an activating group) is 1. The van der Waals surface area contributed by atoms with Gasteiger partial charge in [-0.3, -0.25) is 19.4 Å². The number of hydrogen-bond donors (Lipinski definition) is 2. The molecule has 0 bridgehead atoms. The maximum Gasteiger partial charge on any atom is 0.317 e. The van der Waals surface area contributed by atoms with Gasteiger partial charge in [0.25, 0.3) is 0 Å². The minimum absolute atomic E-state index is 0. The Balaban J connectivity index is 0.00000338. The predicted octanol–water partition coefficient (Wildman–Crippen LogP) is 2.25. The Bertz CT molecular complexity index is 590. The van der Waals surface area contributed by atoms with E-state index >= 15 is 0 Å². The average Bonchev–Trinajstić information content (AvgIpc) is 2.60. The van der Waals surface area contributed by atoms with Gasteiger partial charge >= 0.3 is 5.97 Å². The molecular weight excluding hydrogens is 377 g/mol. The van der Waals surface area contributed by atoms with Crippen LogP contribution in [0.1, 0.15) is 25.3 Å². The molecule has 1 amide bonds. The molecule has 6 nitrogen and oxygen atoms in total. The fraction of sp³-hybridized carbons (Fsp3) is 0.556. The third-order valence-corrected chi connectivity index (χ3v) is 5.07. The molecule has 26 heavy (non-hydrogen) atoms. The Morgan fingerprint density at radius 2 is 1.88 bits per heavy atom. The molecule has 0 aliphatic carbocycles. The number of benzene rings is 1. The smallest absolute Gasteiger partial charge is 0.317 e. The second-order valence-corrected chi connectivity index (χ2v) is 7.03. The summed E-state index contributed by atoms with van der Waals surface area (Å²) in [6, 6.07) is 7.49. The predicted molar refractivity (Wildman–Crippen MR) is 105 cm³/mol. The summed E-state index contributed by atoms with van der Waals surface area (Å²) in [5.41, 5.74) is 1.01. The molecule has 2 rings (SSSR count). The Labute approximate surface area is 165 Å². The molecule has 2 N–H and O–H groups in total. The van der Waals surface area contributed by atoms with E-state index in [-0.39, 0.29) is 36.9 Å².